The molecule has 1 aliphatic heterocycles. The predicted molar refractivity (Wildman–Crippen MR) is 124 cm³/mol. The lowest BCUT2D eigenvalue weighted by Crippen LogP contribution is -2.50. The van der Waals surface area contributed by atoms with Crippen LogP contribution in [-0.2, 0) is 0 Å². The molecule has 3 N–H and O–H groups in total. The number of nitrogens with zero attached hydrogens (tertiary/aromatic N) is 2. The lowest BCUT2D eigenvalue weighted by Gasteiger charge is -2.37. The number of benzene rings is 3. The van der Waals surface area contributed by atoms with Crippen LogP contribution in [0.4, 0.5) is 22.7 Å². The van der Waals surface area contributed by atoms with Crippen molar-refractivity contribution in [3.8, 4) is 5.75 Å². The second-order valence-electron chi connectivity index (χ2n) is 6.99. The number of para-hydroxylation sites is 1. The first-order chi connectivity index (χ1) is 14.2. The molecule has 3 aromatic rings. The topological polar surface area (TPSA) is 50.8 Å². The fraction of sp³-hybridized carbons (Fsp3) is 0.174. The molecule has 3 aromatic carbocycles. The second kappa shape index (κ2) is 8.84. The molecule has 1 saturated heterocycles. The Balaban J connectivity index is 1.29. The third-order valence-corrected chi connectivity index (χ3v) is 5.34. The molecule has 5 nitrogen and oxygen atoms in total. The summed E-state index contributed by atoms with van der Waals surface area (Å²) in [6.07, 6.45) is 0. The number of piperazine rings is 1. The molecule has 0 spiro atoms. The molecule has 0 radical (unpaired) electrons. The van der Waals surface area contributed by atoms with E-state index in [1.807, 2.05) is 66.7 Å². The normalized spacial score (nSPS) is 13.8. The molecule has 6 heteroatoms. The van der Waals surface area contributed by atoms with Gasteiger partial charge in [-0.15, -0.1) is 0 Å². The average molecular weight is 405 g/mol. The third kappa shape index (κ3) is 4.97. The summed E-state index contributed by atoms with van der Waals surface area (Å²) in [5.41, 5.74) is 4.21. The van der Waals surface area contributed by atoms with Gasteiger partial charge in [-0.05, 0) is 72.9 Å². The molecule has 0 amide bonds. The zero-order chi connectivity index (χ0) is 20.1. The van der Waals surface area contributed by atoms with Crippen LogP contribution >= 0.6 is 12.2 Å². The molecule has 1 heterocycles. The molecule has 0 saturated carbocycles. The number of hydrogen-bond donors (Lipinski definition) is 3. The number of phenolic OH excluding ortho intramolecular Hbond substituents is 1. The van der Waals surface area contributed by atoms with Crippen molar-refractivity contribution in [2.75, 3.05) is 41.7 Å². The SMILES string of the molecule is Oc1ccc(N2CCN(C(=S)Nc3ccc(Nc4ccccc4)cc3)CC2)cc1. The minimum absolute atomic E-state index is 0.294. The summed E-state index contributed by atoms with van der Waals surface area (Å²) in [5, 5.41) is 16.9. The third-order valence-electron chi connectivity index (χ3n) is 4.98. The van der Waals surface area contributed by atoms with E-state index in [2.05, 4.69) is 20.4 Å². The van der Waals surface area contributed by atoms with Crippen LogP contribution in [0.3, 0.4) is 0 Å². The van der Waals surface area contributed by atoms with Gasteiger partial charge in [0.25, 0.3) is 0 Å². The van der Waals surface area contributed by atoms with Crippen molar-refractivity contribution in [2.24, 2.45) is 0 Å². The summed E-state index contributed by atoms with van der Waals surface area (Å²) in [5.74, 6) is 0.294. The maximum absolute atomic E-state index is 9.44. The monoisotopic (exact) mass is 404 g/mol. The van der Waals surface area contributed by atoms with Crippen LogP contribution in [0.25, 0.3) is 0 Å². The van der Waals surface area contributed by atoms with E-state index >= 15 is 0 Å². The Morgan fingerprint density at radius 3 is 1.97 bits per heavy atom. The maximum atomic E-state index is 9.44. The highest BCUT2D eigenvalue weighted by Gasteiger charge is 2.19. The van der Waals surface area contributed by atoms with Crippen molar-refractivity contribution in [2.45, 2.75) is 0 Å². The van der Waals surface area contributed by atoms with Gasteiger partial charge in [0.1, 0.15) is 5.75 Å². The van der Waals surface area contributed by atoms with E-state index in [1.165, 1.54) is 0 Å². The molecule has 0 aromatic heterocycles. The Hall–Kier alpha value is -3.25. The van der Waals surface area contributed by atoms with E-state index in [9.17, 15) is 5.11 Å². The van der Waals surface area contributed by atoms with Crippen LogP contribution in [0, 0.1) is 0 Å². The van der Waals surface area contributed by atoms with Gasteiger partial charge in [-0.1, -0.05) is 18.2 Å². The van der Waals surface area contributed by atoms with Gasteiger partial charge in [-0.3, -0.25) is 0 Å². The number of anilines is 4. The first-order valence-electron chi connectivity index (χ1n) is 9.69. The fourth-order valence-electron chi connectivity index (χ4n) is 3.36. The molecule has 0 aliphatic carbocycles. The molecule has 4 rings (SSSR count). The lowest BCUT2D eigenvalue weighted by molar-refractivity contribution is 0.391. The van der Waals surface area contributed by atoms with Gasteiger partial charge in [-0.25, -0.2) is 0 Å². The lowest BCUT2D eigenvalue weighted by atomic mass is 10.2. The zero-order valence-electron chi connectivity index (χ0n) is 16.1. The Morgan fingerprint density at radius 1 is 0.724 bits per heavy atom. The van der Waals surface area contributed by atoms with Gasteiger partial charge in [0.2, 0.25) is 0 Å². The van der Waals surface area contributed by atoms with E-state index in [1.54, 1.807) is 12.1 Å². The van der Waals surface area contributed by atoms with Crippen molar-refractivity contribution >= 4 is 40.1 Å². The van der Waals surface area contributed by atoms with Gasteiger partial charge >= 0.3 is 0 Å². The van der Waals surface area contributed by atoms with Gasteiger partial charge < -0.3 is 25.5 Å². The van der Waals surface area contributed by atoms with Crippen molar-refractivity contribution in [3.63, 3.8) is 0 Å². The molecule has 1 aliphatic rings. The summed E-state index contributed by atoms with van der Waals surface area (Å²) in [6.45, 7) is 3.51. The largest absolute Gasteiger partial charge is 0.508 e. The Labute approximate surface area is 176 Å². The van der Waals surface area contributed by atoms with Gasteiger partial charge in [0, 0.05) is 48.9 Å². The first-order valence-corrected chi connectivity index (χ1v) is 10.1. The number of aromatic hydroxyl groups is 1. The maximum Gasteiger partial charge on any atom is 0.173 e. The summed E-state index contributed by atoms with van der Waals surface area (Å²) in [4.78, 5) is 4.50. The number of thiocarbonyl (C=S) groups is 1. The van der Waals surface area contributed by atoms with E-state index in [0.29, 0.717) is 5.75 Å². The van der Waals surface area contributed by atoms with Gasteiger partial charge in [0.05, 0.1) is 0 Å². The molecule has 148 valence electrons. The second-order valence-corrected chi connectivity index (χ2v) is 7.38. The van der Waals surface area contributed by atoms with E-state index in [4.69, 9.17) is 12.2 Å². The Morgan fingerprint density at radius 2 is 1.31 bits per heavy atom. The summed E-state index contributed by atoms with van der Waals surface area (Å²) < 4.78 is 0. The zero-order valence-corrected chi connectivity index (χ0v) is 16.9. The molecule has 1 fully saturated rings. The molecular weight excluding hydrogens is 380 g/mol. The predicted octanol–water partition coefficient (Wildman–Crippen LogP) is 4.65. The number of rotatable bonds is 4. The quantitative estimate of drug-likeness (QED) is 0.550. The standard InChI is InChI=1S/C23H24N4OS/c28-22-12-10-21(11-13-22)26-14-16-27(17-15-26)23(29)25-20-8-6-19(7-9-20)24-18-4-2-1-3-5-18/h1-13,24,28H,14-17H2,(H,25,29). The highest BCUT2D eigenvalue weighted by molar-refractivity contribution is 7.80. The Bertz CT molecular complexity index is 937. The Kier molecular flexibility index (Phi) is 5.81. The van der Waals surface area contributed by atoms with Crippen molar-refractivity contribution < 1.29 is 5.11 Å². The van der Waals surface area contributed by atoms with Crippen molar-refractivity contribution in [1.82, 2.24) is 4.90 Å². The number of nitrogens with one attached hydrogen (secondary N) is 2. The molecule has 29 heavy (non-hydrogen) atoms. The summed E-state index contributed by atoms with van der Waals surface area (Å²) in [6, 6.07) is 25.6. The van der Waals surface area contributed by atoms with E-state index in [-0.39, 0.29) is 0 Å². The smallest absolute Gasteiger partial charge is 0.173 e. The van der Waals surface area contributed by atoms with Crippen LogP contribution in [0.15, 0.2) is 78.9 Å². The molecular formula is C23H24N4OS. The molecule has 0 bridgehead atoms. The summed E-state index contributed by atoms with van der Waals surface area (Å²) >= 11 is 5.61. The van der Waals surface area contributed by atoms with Gasteiger partial charge in [-0.2, -0.15) is 0 Å². The van der Waals surface area contributed by atoms with Crippen molar-refractivity contribution in [3.05, 3.63) is 78.9 Å². The first kappa shape index (κ1) is 19.1. The number of hydrogen-bond acceptors (Lipinski definition) is 4. The van der Waals surface area contributed by atoms with Crippen LogP contribution < -0.4 is 15.5 Å². The average Bonchev–Trinajstić information content (AvgIpc) is 2.76. The van der Waals surface area contributed by atoms with Crippen LogP contribution in [0.1, 0.15) is 0 Å². The highest BCUT2D eigenvalue weighted by Crippen LogP contribution is 2.21. The van der Waals surface area contributed by atoms with Crippen LogP contribution in [-0.4, -0.2) is 41.3 Å². The van der Waals surface area contributed by atoms with Gasteiger partial charge in [0.15, 0.2) is 5.11 Å². The van der Waals surface area contributed by atoms with Crippen LogP contribution in [0.2, 0.25) is 0 Å². The summed E-state index contributed by atoms with van der Waals surface area (Å²) in [7, 11) is 0. The minimum Gasteiger partial charge on any atom is -0.508 e. The van der Waals surface area contributed by atoms with Crippen LogP contribution in [0.5, 0.6) is 5.75 Å². The minimum atomic E-state index is 0.294. The molecule has 0 atom stereocenters. The van der Waals surface area contributed by atoms with Crippen molar-refractivity contribution in [1.29, 1.82) is 0 Å². The molecule has 0 unspecified atom stereocenters. The van der Waals surface area contributed by atoms with E-state index < -0.39 is 0 Å². The van der Waals surface area contributed by atoms with E-state index in [0.717, 1.165) is 54.0 Å². The number of phenols is 1. The fourth-order valence-corrected chi connectivity index (χ4v) is 3.66. The highest BCUT2D eigenvalue weighted by atomic mass is 32.1.